The summed E-state index contributed by atoms with van der Waals surface area (Å²) in [6.45, 7) is 5.06. The summed E-state index contributed by atoms with van der Waals surface area (Å²) in [4.78, 5) is 0. The Balaban J connectivity index is 7.02. The molecule has 0 aliphatic carbocycles. The third-order valence-electron chi connectivity index (χ3n) is 2.17. The highest BCUT2D eigenvalue weighted by Crippen LogP contribution is 2.39. The van der Waals surface area contributed by atoms with Crippen molar-refractivity contribution in [1.29, 1.82) is 0 Å². The molecule has 0 radical (unpaired) electrons. The number of sulfone groups is 2. The largest absolute Gasteiger partial charge is 0.502 e. The first-order valence-electron chi connectivity index (χ1n) is 6.25. The first-order valence-corrected chi connectivity index (χ1v) is 9.22. The maximum atomic E-state index is 12.7. The van der Waals surface area contributed by atoms with Gasteiger partial charge in [0.2, 0.25) is 4.24 Å². The van der Waals surface area contributed by atoms with Gasteiger partial charge >= 0.3 is 11.0 Å². The smallest absolute Gasteiger partial charge is 0.368 e. The average molecular weight is 406 g/mol. The quantitative estimate of drug-likeness (QED) is 0.656. The average Bonchev–Trinajstić information content (AvgIpc) is 2.22. The number of rotatable bonds is 6. The molecule has 0 aromatic carbocycles. The van der Waals surface area contributed by atoms with Gasteiger partial charge in [-0.3, -0.25) is 0 Å². The molecule has 0 aromatic heterocycles. The predicted molar refractivity (Wildman–Crippen MR) is 73.5 cm³/mol. The maximum absolute atomic E-state index is 12.7. The second kappa shape index (κ2) is 6.98. The van der Waals surface area contributed by atoms with Crippen molar-refractivity contribution in [2.24, 2.45) is 0 Å². The molecule has 0 saturated heterocycles. The predicted octanol–water partition coefficient (Wildman–Crippen LogP) is 1.98. The highest BCUT2D eigenvalue weighted by atomic mass is 32.3. The Hall–Kier alpha value is -1.18. The van der Waals surface area contributed by atoms with Crippen LogP contribution in [0.5, 0.6) is 0 Å². The van der Waals surface area contributed by atoms with Crippen molar-refractivity contribution in [3.05, 3.63) is 10.1 Å². The third-order valence-corrected chi connectivity index (χ3v) is 6.09. The molecule has 24 heavy (non-hydrogen) atoms. The monoisotopic (exact) mass is 406 g/mol. The van der Waals surface area contributed by atoms with E-state index in [-0.39, 0.29) is 0 Å². The van der Waals surface area contributed by atoms with Crippen molar-refractivity contribution in [3.63, 3.8) is 0 Å². The molecule has 2 N–H and O–H groups in total. The van der Waals surface area contributed by atoms with E-state index < -0.39 is 52.8 Å². The summed E-state index contributed by atoms with van der Waals surface area (Å²) < 4.78 is 120. The van der Waals surface area contributed by atoms with Crippen LogP contribution in [0.4, 0.5) is 26.3 Å². The lowest BCUT2D eigenvalue weighted by Crippen LogP contribution is -2.43. The van der Waals surface area contributed by atoms with Gasteiger partial charge in [-0.05, 0) is 27.7 Å². The van der Waals surface area contributed by atoms with Gasteiger partial charge in [-0.25, -0.2) is 16.8 Å². The SMILES string of the molecule is CC(C)NC(NC(C)C)=C(S(=O)(=O)C(F)(F)F)S(=O)(=O)C(F)(F)F. The molecular weight excluding hydrogens is 390 g/mol. The van der Waals surface area contributed by atoms with Crippen LogP contribution < -0.4 is 10.6 Å². The molecule has 144 valence electrons. The molecule has 0 bridgehead atoms. The number of halogens is 6. The van der Waals surface area contributed by atoms with E-state index in [1.165, 1.54) is 27.7 Å². The van der Waals surface area contributed by atoms with Gasteiger partial charge in [0.1, 0.15) is 5.82 Å². The van der Waals surface area contributed by atoms with Crippen molar-refractivity contribution in [2.45, 2.75) is 50.8 Å². The fourth-order valence-electron chi connectivity index (χ4n) is 1.36. The van der Waals surface area contributed by atoms with Crippen molar-refractivity contribution in [3.8, 4) is 0 Å². The lowest BCUT2D eigenvalue weighted by Gasteiger charge is -2.23. The van der Waals surface area contributed by atoms with Gasteiger partial charge in [0.15, 0.2) is 0 Å². The molecule has 0 amide bonds. The lowest BCUT2D eigenvalue weighted by molar-refractivity contribution is -0.0445. The second-order valence-electron chi connectivity index (χ2n) is 5.16. The minimum absolute atomic E-state index is 0.867. The van der Waals surface area contributed by atoms with Crippen LogP contribution in [0.15, 0.2) is 10.1 Å². The highest BCUT2D eigenvalue weighted by molar-refractivity contribution is 8.15. The third kappa shape index (κ3) is 4.91. The Morgan fingerprint density at radius 1 is 0.708 bits per heavy atom. The van der Waals surface area contributed by atoms with E-state index in [1.807, 2.05) is 10.6 Å². The molecule has 6 nitrogen and oxygen atoms in total. The van der Waals surface area contributed by atoms with Crippen molar-refractivity contribution in [1.82, 2.24) is 10.6 Å². The molecule has 14 heteroatoms. The van der Waals surface area contributed by atoms with Crippen LogP contribution in [0, 0.1) is 0 Å². The zero-order valence-corrected chi connectivity index (χ0v) is 14.5. The van der Waals surface area contributed by atoms with Crippen LogP contribution in [0.25, 0.3) is 0 Å². The number of nitrogens with one attached hydrogen (secondary N) is 2. The van der Waals surface area contributed by atoms with Gasteiger partial charge in [-0.15, -0.1) is 0 Å². The normalized spacial score (nSPS) is 14.0. The number of alkyl halides is 6. The zero-order valence-electron chi connectivity index (χ0n) is 12.9. The van der Waals surface area contributed by atoms with Crippen molar-refractivity contribution in [2.75, 3.05) is 0 Å². The van der Waals surface area contributed by atoms with Crippen LogP contribution in [0.1, 0.15) is 27.7 Å². The Morgan fingerprint density at radius 2 is 0.958 bits per heavy atom. The van der Waals surface area contributed by atoms with Gasteiger partial charge < -0.3 is 10.6 Å². The van der Waals surface area contributed by atoms with Crippen LogP contribution in [0.2, 0.25) is 0 Å². The summed E-state index contributed by atoms with van der Waals surface area (Å²) in [6.07, 6.45) is 0. The van der Waals surface area contributed by atoms with Gasteiger partial charge in [-0.1, -0.05) is 0 Å². The summed E-state index contributed by atoms with van der Waals surface area (Å²) in [6, 6.07) is -1.73. The van der Waals surface area contributed by atoms with E-state index in [0.29, 0.717) is 0 Å². The van der Waals surface area contributed by atoms with Crippen LogP contribution in [-0.2, 0) is 19.7 Å². The molecular formula is C10H16F6N2O4S2. The standard InChI is InChI=1S/C10H16F6N2O4S2/c1-5(2)17-7(18-6(3)4)8(23(19,20)9(11,12)13)24(21,22)10(14,15)16/h5-6,17-18H,1-4H3. The summed E-state index contributed by atoms with van der Waals surface area (Å²) in [5, 5.41) is 3.96. The number of hydrogen-bond donors (Lipinski definition) is 2. The summed E-state index contributed by atoms with van der Waals surface area (Å²) >= 11 is 0. The molecule has 0 saturated carbocycles. The van der Waals surface area contributed by atoms with E-state index in [1.54, 1.807) is 0 Å². The Morgan fingerprint density at radius 3 is 1.12 bits per heavy atom. The molecule has 0 atom stereocenters. The van der Waals surface area contributed by atoms with Crippen LogP contribution in [-0.4, -0.2) is 39.9 Å². The van der Waals surface area contributed by atoms with Crippen molar-refractivity contribution >= 4 is 19.7 Å². The van der Waals surface area contributed by atoms with Crippen LogP contribution in [0.3, 0.4) is 0 Å². The molecule has 0 fully saturated rings. The highest BCUT2D eigenvalue weighted by Gasteiger charge is 2.61. The van der Waals surface area contributed by atoms with Gasteiger partial charge in [0, 0.05) is 12.1 Å². The Kier molecular flexibility index (Phi) is 6.63. The minimum Gasteiger partial charge on any atom is -0.368 e. The zero-order chi connectivity index (χ0) is 19.7. The summed E-state index contributed by atoms with van der Waals surface area (Å²) in [5.41, 5.74) is -12.5. The van der Waals surface area contributed by atoms with E-state index >= 15 is 0 Å². The number of hydrogen-bond acceptors (Lipinski definition) is 6. The topological polar surface area (TPSA) is 92.3 Å². The van der Waals surface area contributed by atoms with E-state index in [0.717, 1.165) is 0 Å². The molecule has 0 rings (SSSR count). The van der Waals surface area contributed by atoms with Gasteiger partial charge in [0.25, 0.3) is 19.7 Å². The lowest BCUT2D eigenvalue weighted by atomic mass is 10.3. The fraction of sp³-hybridized carbons (Fsp3) is 0.800. The maximum Gasteiger partial charge on any atom is 0.502 e. The minimum atomic E-state index is -6.82. The van der Waals surface area contributed by atoms with E-state index in [9.17, 15) is 43.2 Å². The van der Waals surface area contributed by atoms with Crippen molar-refractivity contribution < 1.29 is 43.2 Å². The van der Waals surface area contributed by atoms with E-state index in [2.05, 4.69) is 0 Å². The Bertz CT molecular complexity index is 632. The van der Waals surface area contributed by atoms with Gasteiger partial charge in [0.05, 0.1) is 0 Å². The summed E-state index contributed by atoms with van der Waals surface area (Å²) in [7, 11) is -13.6. The molecule has 0 heterocycles. The molecule has 0 aromatic rings. The molecule has 0 unspecified atom stereocenters. The van der Waals surface area contributed by atoms with Crippen LogP contribution >= 0.6 is 0 Å². The first-order chi connectivity index (χ1) is 10.4. The van der Waals surface area contributed by atoms with Gasteiger partial charge in [-0.2, -0.15) is 26.3 Å². The molecule has 0 aliphatic rings. The second-order valence-corrected chi connectivity index (χ2v) is 9.17. The molecule has 0 aliphatic heterocycles. The summed E-state index contributed by atoms with van der Waals surface area (Å²) in [5.74, 6) is -1.39. The Labute approximate surface area is 135 Å². The fourth-order valence-corrected chi connectivity index (χ4v) is 4.28. The van der Waals surface area contributed by atoms with E-state index in [4.69, 9.17) is 0 Å². The first kappa shape index (κ1) is 22.8. The molecule has 0 spiro atoms.